The van der Waals surface area contributed by atoms with E-state index in [9.17, 15) is 4.79 Å². The standard InChI is InChI=1S/C15H21ClN2O2/c1-11-4-5-12(16)9-14(11)18-15(19)6-7-17-10-13-3-2-8-20-13/h4-5,9,13,17H,2-3,6-8,10H2,1H3,(H,18,19). The normalized spacial score (nSPS) is 18.2. The molecule has 2 N–H and O–H groups in total. The van der Waals surface area contributed by atoms with E-state index in [2.05, 4.69) is 10.6 Å². The number of hydrogen-bond donors (Lipinski definition) is 2. The van der Waals surface area contributed by atoms with Crippen molar-refractivity contribution < 1.29 is 9.53 Å². The molecule has 5 heteroatoms. The van der Waals surface area contributed by atoms with Crippen LogP contribution in [-0.2, 0) is 9.53 Å². The molecule has 1 amide bonds. The fraction of sp³-hybridized carbons (Fsp3) is 0.533. The van der Waals surface area contributed by atoms with Crippen molar-refractivity contribution in [1.29, 1.82) is 0 Å². The summed E-state index contributed by atoms with van der Waals surface area (Å²) >= 11 is 5.92. The summed E-state index contributed by atoms with van der Waals surface area (Å²) in [5.74, 6) is -0.00444. The van der Waals surface area contributed by atoms with Crippen molar-refractivity contribution in [2.24, 2.45) is 0 Å². The molecule has 110 valence electrons. The molecule has 0 bridgehead atoms. The van der Waals surface area contributed by atoms with E-state index in [0.717, 1.165) is 37.2 Å². The number of amides is 1. The third-order valence-corrected chi connectivity index (χ3v) is 3.63. The maximum absolute atomic E-state index is 11.8. The van der Waals surface area contributed by atoms with Gasteiger partial charge in [-0.15, -0.1) is 0 Å². The lowest BCUT2D eigenvalue weighted by molar-refractivity contribution is -0.116. The van der Waals surface area contributed by atoms with Crippen LogP contribution in [0.25, 0.3) is 0 Å². The maximum Gasteiger partial charge on any atom is 0.225 e. The molecule has 2 rings (SSSR count). The lowest BCUT2D eigenvalue weighted by atomic mass is 10.2. The lowest BCUT2D eigenvalue weighted by Crippen LogP contribution is -2.29. The third kappa shape index (κ3) is 4.78. The number of carbonyl (C=O) groups is 1. The molecule has 1 saturated heterocycles. The van der Waals surface area contributed by atoms with Crippen molar-refractivity contribution in [3.63, 3.8) is 0 Å². The first-order chi connectivity index (χ1) is 9.65. The molecular formula is C15H21ClN2O2. The monoisotopic (exact) mass is 296 g/mol. The van der Waals surface area contributed by atoms with Gasteiger partial charge in [0.05, 0.1) is 6.10 Å². The summed E-state index contributed by atoms with van der Waals surface area (Å²) in [7, 11) is 0. The number of ether oxygens (including phenoxy) is 1. The summed E-state index contributed by atoms with van der Waals surface area (Å²) in [6.07, 6.45) is 3.01. The maximum atomic E-state index is 11.8. The minimum Gasteiger partial charge on any atom is -0.377 e. The minimum absolute atomic E-state index is 0.00444. The van der Waals surface area contributed by atoms with Gasteiger partial charge in [0.15, 0.2) is 0 Å². The molecule has 1 atom stereocenters. The summed E-state index contributed by atoms with van der Waals surface area (Å²) in [4.78, 5) is 11.8. The van der Waals surface area contributed by atoms with Crippen LogP contribution in [0.2, 0.25) is 5.02 Å². The fourth-order valence-electron chi connectivity index (χ4n) is 2.21. The second-order valence-corrected chi connectivity index (χ2v) is 5.53. The van der Waals surface area contributed by atoms with Crippen LogP contribution < -0.4 is 10.6 Å². The number of aryl methyl sites for hydroxylation is 1. The Balaban J connectivity index is 1.68. The highest BCUT2D eigenvalue weighted by Gasteiger charge is 2.14. The van der Waals surface area contributed by atoms with E-state index >= 15 is 0 Å². The van der Waals surface area contributed by atoms with E-state index < -0.39 is 0 Å². The fourth-order valence-corrected chi connectivity index (χ4v) is 2.38. The minimum atomic E-state index is -0.00444. The van der Waals surface area contributed by atoms with Crippen LogP contribution >= 0.6 is 11.6 Å². The van der Waals surface area contributed by atoms with E-state index in [1.165, 1.54) is 0 Å². The molecule has 20 heavy (non-hydrogen) atoms. The van der Waals surface area contributed by atoms with Crippen LogP contribution in [0.5, 0.6) is 0 Å². The molecule has 4 nitrogen and oxygen atoms in total. The Morgan fingerprint density at radius 2 is 2.35 bits per heavy atom. The highest BCUT2D eigenvalue weighted by molar-refractivity contribution is 6.31. The Kier molecular flexibility index (Phi) is 5.83. The highest BCUT2D eigenvalue weighted by Crippen LogP contribution is 2.20. The Morgan fingerprint density at radius 1 is 1.50 bits per heavy atom. The molecule has 1 aliphatic rings. The second-order valence-electron chi connectivity index (χ2n) is 5.10. The first-order valence-corrected chi connectivity index (χ1v) is 7.41. The van der Waals surface area contributed by atoms with Gasteiger partial charge in [0.25, 0.3) is 0 Å². The summed E-state index contributed by atoms with van der Waals surface area (Å²) in [6.45, 7) is 4.29. The third-order valence-electron chi connectivity index (χ3n) is 3.40. The zero-order valence-corrected chi connectivity index (χ0v) is 12.5. The van der Waals surface area contributed by atoms with Gasteiger partial charge in [-0.05, 0) is 37.5 Å². The Labute approximate surface area is 124 Å². The number of halogens is 1. The number of nitrogens with one attached hydrogen (secondary N) is 2. The number of anilines is 1. The average Bonchev–Trinajstić information content (AvgIpc) is 2.92. The van der Waals surface area contributed by atoms with Gasteiger partial charge in [-0.25, -0.2) is 0 Å². The smallest absolute Gasteiger partial charge is 0.225 e. The molecule has 1 heterocycles. The molecule has 0 aliphatic carbocycles. The number of carbonyl (C=O) groups excluding carboxylic acids is 1. The average molecular weight is 297 g/mol. The Morgan fingerprint density at radius 3 is 3.10 bits per heavy atom. The molecule has 1 aromatic carbocycles. The van der Waals surface area contributed by atoms with Gasteiger partial charge in [0.2, 0.25) is 5.91 Å². The van der Waals surface area contributed by atoms with Crippen LogP contribution in [0.4, 0.5) is 5.69 Å². The molecule has 1 aromatic rings. The zero-order chi connectivity index (χ0) is 14.4. The summed E-state index contributed by atoms with van der Waals surface area (Å²) in [5, 5.41) is 6.77. The van der Waals surface area contributed by atoms with Crippen molar-refractivity contribution in [3.05, 3.63) is 28.8 Å². The van der Waals surface area contributed by atoms with Crippen molar-refractivity contribution in [2.75, 3.05) is 25.0 Å². The molecule has 1 fully saturated rings. The van der Waals surface area contributed by atoms with Crippen molar-refractivity contribution in [3.8, 4) is 0 Å². The summed E-state index contributed by atoms with van der Waals surface area (Å²) in [5.41, 5.74) is 1.79. The quantitative estimate of drug-likeness (QED) is 0.794. The van der Waals surface area contributed by atoms with Gasteiger partial charge in [0, 0.05) is 36.8 Å². The van der Waals surface area contributed by atoms with E-state index in [1.54, 1.807) is 6.07 Å². The van der Waals surface area contributed by atoms with Gasteiger partial charge in [-0.1, -0.05) is 17.7 Å². The topological polar surface area (TPSA) is 50.4 Å². The predicted molar refractivity (Wildman–Crippen MR) is 81.3 cm³/mol. The lowest BCUT2D eigenvalue weighted by Gasteiger charge is -2.11. The molecular weight excluding hydrogens is 276 g/mol. The van der Waals surface area contributed by atoms with Gasteiger partial charge in [-0.3, -0.25) is 4.79 Å². The van der Waals surface area contributed by atoms with Crippen LogP contribution in [0.3, 0.4) is 0 Å². The molecule has 0 spiro atoms. The first-order valence-electron chi connectivity index (χ1n) is 7.03. The van der Waals surface area contributed by atoms with Crippen molar-refractivity contribution >= 4 is 23.2 Å². The largest absolute Gasteiger partial charge is 0.377 e. The van der Waals surface area contributed by atoms with Crippen molar-refractivity contribution in [2.45, 2.75) is 32.3 Å². The molecule has 0 saturated carbocycles. The van der Waals surface area contributed by atoms with Gasteiger partial charge >= 0.3 is 0 Å². The van der Waals surface area contributed by atoms with Crippen LogP contribution in [0, 0.1) is 6.92 Å². The van der Waals surface area contributed by atoms with Gasteiger partial charge in [0.1, 0.15) is 0 Å². The molecule has 0 radical (unpaired) electrons. The van der Waals surface area contributed by atoms with E-state index in [0.29, 0.717) is 24.1 Å². The first kappa shape index (κ1) is 15.3. The molecule has 1 aliphatic heterocycles. The summed E-state index contributed by atoms with van der Waals surface area (Å²) in [6, 6.07) is 5.48. The van der Waals surface area contributed by atoms with Gasteiger partial charge in [-0.2, -0.15) is 0 Å². The van der Waals surface area contributed by atoms with Crippen LogP contribution in [-0.4, -0.2) is 31.7 Å². The van der Waals surface area contributed by atoms with E-state index in [1.807, 2.05) is 19.1 Å². The zero-order valence-electron chi connectivity index (χ0n) is 11.7. The SMILES string of the molecule is Cc1ccc(Cl)cc1NC(=O)CCNCC1CCCO1. The van der Waals surface area contributed by atoms with E-state index in [-0.39, 0.29) is 5.91 Å². The van der Waals surface area contributed by atoms with Crippen LogP contribution in [0.15, 0.2) is 18.2 Å². The number of hydrogen-bond acceptors (Lipinski definition) is 3. The van der Waals surface area contributed by atoms with Crippen LogP contribution in [0.1, 0.15) is 24.8 Å². The Hall–Kier alpha value is -1.10. The molecule has 0 aromatic heterocycles. The van der Waals surface area contributed by atoms with Gasteiger partial charge < -0.3 is 15.4 Å². The molecule has 1 unspecified atom stereocenters. The second kappa shape index (κ2) is 7.62. The number of rotatable bonds is 6. The highest BCUT2D eigenvalue weighted by atomic mass is 35.5. The predicted octanol–water partition coefficient (Wildman–Crippen LogP) is 2.75. The Bertz CT molecular complexity index is 459. The number of benzene rings is 1. The van der Waals surface area contributed by atoms with E-state index in [4.69, 9.17) is 16.3 Å². The van der Waals surface area contributed by atoms with Crippen molar-refractivity contribution in [1.82, 2.24) is 5.32 Å². The summed E-state index contributed by atoms with van der Waals surface area (Å²) < 4.78 is 5.51.